The van der Waals surface area contributed by atoms with Gasteiger partial charge in [-0.15, -0.1) is 11.8 Å². The van der Waals surface area contributed by atoms with Crippen LogP contribution in [0.25, 0.3) is 0 Å². The van der Waals surface area contributed by atoms with Crippen LogP contribution in [0.15, 0.2) is 41.3 Å². The molecule has 4 N–H and O–H groups in total. The number of hydrogen-bond donors (Lipinski definition) is 3. The highest BCUT2D eigenvalue weighted by Gasteiger charge is 2.46. The van der Waals surface area contributed by atoms with Gasteiger partial charge in [0.15, 0.2) is 6.17 Å². The van der Waals surface area contributed by atoms with Gasteiger partial charge in [-0.25, -0.2) is 13.8 Å². The number of aliphatic hydroxyl groups is 1. The number of ether oxygens (including phenoxy) is 2. The quantitative estimate of drug-likeness (QED) is 0.299. The number of nitrogens with zero attached hydrogens (tertiary/aromatic N) is 2. The Kier molecular flexibility index (Phi) is 8.78. The molecule has 1 aromatic carbocycles. The Hall–Kier alpha value is -2.64. The van der Waals surface area contributed by atoms with E-state index in [1.54, 1.807) is 12.1 Å². The lowest BCUT2D eigenvalue weighted by atomic mass is 10.1. The summed E-state index contributed by atoms with van der Waals surface area (Å²) in [4.78, 5) is 27.5. The summed E-state index contributed by atoms with van der Waals surface area (Å²) in [5.74, 6) is -0.0741. The van der Waals surface area contributed by atoms with Crippen molar-refractivity contribution in [3.05, 3.63) is 47.0 Å². The number of nitrogens with one attached hydrogen (secondary N) is 1. The molecule has 0 saturated carbocycles. The fourth-order valence-electron chi connectivity index (χ4n) is 3.19. The number of nitrogens with two attached hydrogens (primary N) is 1. The number of rotatable bonds is 10. The molecular weight excluding hydrogens is 506 g/mol. The molecule has 1 fully saturated rings. The van der Waals surface area contributed by atoms with E-state index in [9.17, 15) is 23.7 Å². The van der Waals surface area contributed by atoms with Crippen LogP contribution in [0.1, 0.15) is 12.3 Å². The lowest BCUT2D eigenvalue weighted by Gasteiger charge is -2.24. The highest BCUT2D eigenvalue weighted by molar-refractivity contribution is 8.00. The van der Waals surface area contributed by atoms with Crippen LogP contribution in [0.4, 0.5) is 10.2 Å². The molecule has 6 atom stereocenters. The number of anilines is 1. The first-order valence-corrected chi connectivity index (χ1v) is 12.8. The summed E-state index contributed by atoms with van der Waals surface area (Å²) in [6.45, 7) is 0.959. The van der Waals surface area contributed by atoms with Crippen LogP contribution in [0.3, 0.4) is 0 Å². The molecule has 3 rings (SSSR count). The molecule has 1 aliphatic rings. The smallest absolute Gasteiger partial charge is 0.459 e. The summed E-state index contributed by atoms with van der Waals surface area (Å²) >= 11 is 0.901. The summed E-state index contributed by atoms with van der Waals surface area (Å²) < 4.78 is 50.1. The summed E-state index contributed by atoms with van der Waals surface area (Å²) in [6, 6.07) is 6.35. The Bertz CT molecular complexity index is 1140. The van der Waals surface area contributed by atoms with Crippen molar-refractivity contribution in [2.24, 2.45) is 0 Å². The zero-order valence-corrected chi connectivity index (χ0v) is 20.8. The Morgan fingerprint density at radius 3 is 2.57 bits per heavy atom. The van der Waals surface area contributed by atoms with E-state index in [4.69, 9.17) is 19.5 Å². The van der Waals surface area contributed by atoms with Gasteiger partial charge in [0, 0.05) is 6.20 Å². The SMILES string of the molecule is COC(=O)[C@H](C)NP(=O)(OC[C@H]1S[C@@H](n2ccc(N)nc2=O)[C@@H](F)[C@@H]1O)Oc1ccc(OC)cc1. The number of thioether (sulfide) groups is 1. The maximum absolute atomic E-state index is 14.9. The van der Waals surface area contributed by atoms with Crippen LogP contribution in [0.2, 0.25) is 0 Å². The zero-order valence-electron chi connectivity index (χ0n) is 19.1. The van der Waals surface area contributed by atoms with Crippen molar-refractivity contribution in [2.75, 3.05) is 26.6 Å². The Morgan fingerprint density at radius 1 is 1.31 bits per heavy atom. The number of esters is 1. The zero-order chi connectivity index (χ0) is 25.8. The molecule has 1 saturated heterocycles. The van der Waals surface area contributed by atoms with Gasteiger partial charge in [0.25, 0.3) is 0 Å². The molecule has 12 nitrogen and oxygen atoms in total. The third kappa shape index (κ3) is 6.53. The second-order valence-electron chi connectivity index (χ2n) is 7.48. The van der Waals surface area contributed by atoms with Crippen molar-refractivity contribution >= 4 is 31.3 Å². The third-order valence-electron chi connectivity index (χ3n) is 5.02. The van der Waals surface area contributed by atoms with Gasteiger partial charge in [0.2, 0.25) is 0 Å². The fourth-order valence-corrected chi connectivity index (χ4v) is 6.22. The van der Waals surface area contributed by atoms with Crippen LogP contribution in [-0.2, 0) is 18.6 Å². The van der Waals surface area contributed by atoms with E-state index >= 15 is 0 Å². The average Bonchev–Trinajstić information content (AvgIpc) is 3.11. The number of alkyl halides is 1. The van der Waals surface area contributed by atoms with E-state index in [2.05, 4.69) is 14.8 Å². The largest absolute Gasteiger partial charge is 0.497 e. The van der Waals surface area contributed by atoms with Crippen LogP contribution < -0.4 is 25.8 Å². The van der Waals surface area contributed by atoms with Crippen LogP contribution in [0.5, 0.6) is 11.5 Å². The van der Waals surface area contributed by atoms with E-state index in [1.165, 1.54) is 38.4 Å². The lowest BCUT2D eigenvalue weighted by molar-refractivity contribution is -0.142. The molecule has 35 heavy (non-hydrogen) atoms. The first-order valence-electron chi connectivity index (χ1n) is 10.3. The predicted octanol–water partition coefficient (Wildman–Crippen LogP) is 1.50. The van der Waals surface area contributed by atoms with Crippen LogP contribution in [0, 0.1) is 0 Å². The molecule has 0 amide bonds. The molecular formula is C20H26FN4O8PS. The van der Waals surface area contributed by atoms with Gasteiger partial charge in [-0.2, -0.15) is 10.1 Å². The monoisotopic (exact) mass is 532 g/mol. The normalized spacial score (nSPS) is 24.4. The van der Waals surface area contributed by atoms with E-state index in [0.29, 0.717) is 5.75 Å². The van der Waals surface area contributed by atoms with E-state index in [0.717, 1.165) is 23.4 Å². The number of carbonyl (C=O) groups is 1. The average molecular weight is 532 g/mol. The van der Waals surface area contributed by atoms with Crippen molar-refractivity contribution in [1.29, 1.82) is 0 Å². The van der Waals surface area contributed by atoms with Gasteiger partial charge in [-0.3, -0.25) is 13.9 Å². The highest BCUT2D eigenvalue weighted by atomic mass is 32.2. The maximum atomic E-state index is 14.9. The van der Waals surface area contributed by atoms with Crippen LogP contribution >= 0.6 is 19.5 Å². The Morgan fingerprint density at radius 2 is 1.97 bits per heavy atom. The van der Waals surface area contributed by atoms with Crippen molar-refractivity contribution < 1.29 is 37.4 Å². The standard InChI is InChI=1S/C20H26FN4O8PS/c1-11(19(27)31-3)24-34(29,33-13-6-4-12(30-2)5-7-13)32-10-14-17(26)16(21)18(35-14)25-9-8-15(22)23-20(25)28/h4-9,11,14,16-18,26H,10H2,1-3H3,(H,24,29)(H2,22,23,28)/t11-,14+,16-,17+,18+,34?/m0/s1. The van der Waals surface area contributed by atoms with Gasteiger partial charge < -0.3 is 24.8 Å². The van der Waals surface area contributed by atoms with E-state index < -0.39 is 55.0 Å². The molecule has 0 bridgehead atoms. The molecule has 15 heteroatoms. The number of nitrogen functional groups attached to an aromatic ring is 1. The summed E-state index contributed by atoms with van der Waals surface area (Å²) in [6.07, 6.45) is -2.12. The fraction of sp³-hybridized carbons (Fsp3) is 0.450. The second-order valence-corrected chi connectivity index (χ2v) is 10.5. The molecule has 1 aliphatic heterocycles. The highest BCUT2D eigenvalue weighted by Crippen LogP contribution is 2.49. The van der Waals surface area contributed by atoms with E-state index in [1.807, 2.05) is 0 Å². The Labute approximate surface area is 204 Å². The Balaban J connectivity index is 1.76. The number of aliphatic hydroxyl groups excluding tert-OH is 1. The molecule has 0 spiro atoms. The van der Waals surface area contributed by atoms with Gasteiger partial charge in [0.1, 0.15) is 34.8 Å². The third-order valence-corrected chi connectivity index (χ3v) is 8.19. The van der Waals surface area contributed by atoms with E-state index in [-0.39, 0.29) is 11.6 Å². The molecule has 2 aromatic rings. The number of carbonyl (C=O) groups excluding carboxylic acids is 1. The number of benzene rings is 1. The molecule has 0 aliphatic carbocycles. The van der Waals surface area contributed by atoms with Crippen LogP contribution in [-0.4, -0.2) is 65.0 Å². The number of halogens is 1. The van der Waals surface area contributed by atoms with Gasteiger partial charge >= 0.3 is 19.4 Å². The van der Waals surface area contributed by atoms with Crippen molar-refractivity contribution in [3.63, 3.8) is 0 Å². The minimum atomic E-state index is -4.23. The maximum Gasteiger partial charge on any atom is 0.459 e. The first kappa shape index (κ1) is 27.0. The van der Waals surface area contributed by atoms with Crippen molar-refractivity contribution in [2.45, 2.75) is 35.9 Å². The molecule has 1 unspecified atom stereocenters. The summed E-state index contributed by atoms with van der Waals surface area (Å²) in [5, 5.41) is 10.8. The van der Waals surface area contributed by atoms with Gasteiger partial charge in [-0.1, -0.05) is 0 Å². The van der Waals surface area contributed by atoms with Crippen molar-refractivity contribution in [1.82, 2.24) is 14.6 Å². The minimum Gasteiger partial charge on any atom is -0.497 e. The number of aromatic nitrogens is 2. The second kappa shape index (κ2) is 11.4. The minimum absolute atomic E-state index is 0.0208. The lowest BCUT2D eigenvalue weighted by Crippen LogP contribution is -2.36. The molecule has 2 heterocycles. The summed E-state index contributed by atoms with van der Waals surface area (Å²) in [7, 11) is -1.59. The molecule has 0 radical (unpaired) electrons. The van der Waals surface area contributed by atoms with Gasteiger partial charge in [-0.05, 0) is 37.3 Å². The molecule has 1 aromatic heterocycles. The predicted molar refractivity (Wildman–Crippen MR) is 126 cm³/mol. The molecule has 192 valence electrons. The number of hydrogen-bond acceptors (Lipinski definition) is 11. The topological polar surface area (TPSA) is 164 Å². The first-order chi connectivity index (χ1) is 16.6. The van der Waals surface area contributed by atoms with Crippen molar-refractivity contribution in [3.8, 4) is 11.5 Å². The summed E-state index contributed by atoms with van der Waals surface area (Å²) in [5.41, 5.74) is 4.70. The number of methoxy groups -OCH3 is 2. The van der Waals surface area contributed by atoms with Gasteiger partial charge in [0.05, 0.1) is 26.1 Å².